The standard InChI is InChI=1S/C16H15N3O2S/c1-3-11-4-6-12(7-5-11)18-14(20)13-8-17-16-19(15(13)21)10(2)9-22-16/h4-9H,3H2,1-2H3,(H,18,20). The number of thiazole rings is 1. The van der Waals surface area contributed by atoms with Crippen molar-refractivity contribution in [2.45, 2.75) is 20.3 Å². The number of amides is 1. The fraction of sp³-hybridized carbons (Fsp3) is 0.188. The van der Waals surface area contributed by atoms with Crippen molar-refractivity contribution in [3.8, 4) is 0 Å². The van der Waals surface area contributed by atoms with E-state index in [1.807, 2.05) is 36.6 Å². The van der Waals surface area contributed by atoms with E-state index in [4.69, 9.17) is 0 Å². The molecular formula is C16H15N3O2S. The topological polar surface area (TPSA) is 63.5 Å². The highest BCUT2D eigenvalue weighted by Crippen LogP contribution is 2.13. The van der Waals surface area contributed by atoms with Gasteiger partial charge in [0.15, 0.2) is 4.96 Å². The highest BCUT2D eigenvalue weighted by atomic mass is 32.1. The van der Waals surface area contributed by atoms with Crippen LogP contribution in [0, 0.1) is 6.92 Å². The van der Waals surface area contributed by atoms with Crippen LogP contribution in [0.1, 0.15) is 28.5 Å². The first-order valence-corrected chi connectivity index (χ1v) is 7.84. The molecule has 6 heteroatoms. The van der Waals surface area contributed by atoms with Gasteiger partial charge in [0.05, 0.1) is 0 Å². The van der Waals surface area contributed by atoms with Crippen molar-refractivity contribution >= 4 is 27.9 Å². The Morgan fingerprint density at radius 3 is 2.73 bits per heavy atom. The van der Waals surface area contributed by atoms with Gasteiger partial charge in [-0.15, -0.1) is 11.3 Å². The third-order valence-electron chi connectivity index (χ3n) is 3.48. The molecule has 1 aromatic carbocycles. The number of benzene rings is 1. The normalized spacial score (nSPS) is 10.8. The smallest absolute Gasteiger partial charge is 0.271 e. The van der Waals surface area contributed by atoms with Crippen LogP contribution >= 0.6 is 11.3 Å². The lowest BCUT2D eigenvalue weighted by Crippen LogP contribution is -2.26. The Labute approximate surface area is 131 Å². The predicted molar refractivity (Wildman–Crippen MR) is 87.8 cm³/mol. The minimum absolute atomic E-state index is 0.0403. The van der Waals surface area contributed by atoms with Gasteiger partial charge in [-0.1, -0.05) is 19.1 Å². The molecule has 3 aromatic rings. The SMILES string of the molecule is CCc1ccc(NC(=O)c2cnc3scc(C)n3c2=O)cc1. The summed E-state index contributed by atoms with van der Waals surface area (Å²) in [6.07, 6.45) is 2.27. The van der Waals surface area contributed by atoms with E-state index >= 15 is 0 Å². The molecule has 0 aliphatic carbocycles. The second kappa shape index (κ2) is 5.73. The van der Waals surface area contributed by atoms with E-state index in [9.17, 15) is 9.59 Å². The number of aryl methyl sites for hydroxylation is 2. The summed E-state index contributed by atoms with van der Waals surface area (Å²) in [6, 6.07) is 7.56. The quantitative estimate of drug-likeness (QED) is 0.808. The molecule has 5 nitrogen and oxygen atoms in total. The van der Waals surface area contributed by atoms with Crippen molar-refractivity contribution in [3.63, 3.8) is 0 Å². The van der Waals surface area contributed by atoms with Gasteiger partial charge >= 0.3 is 0 Å². The summed E-state index contributed by atoms with van der Waals surface area (Å²) < 4.78 is 1.46. The maximum atomic E-state index is 12.4. The minimum Gasteiger partial charge on any atom is -0.322 e. The molecular weight excluding hydrogens is 298 g/mol. The Balaban J connectivity index is 1.93. The van der Waals surface area contributed by atoms with Crippen LogP contribution in [0.15, 0.2) is 40.6 Å². The molecule has 1 amide bonds. The first-order chi connectivity index (χ1) is 10.6. The molecule has 0 saturated carbocycles. The lowest BCUT2D eigenvalue weighted by Gasteiger charge is -2.06. The number of carbonyl (C=O) groups excluding carboxylic acids is 1. The maximum absolute atomic E-state index is 12.4. The van der Waals surface area contributed by atoms with Crippen LogP contribution in [0.2, 0.25) is 0 Å². The summed E-state index contributed by atoms with van der Waals surface area (Å²) in [5.41, 5.74) is 2.33. The Bertz CT molecular complexity index is 894. The number of anilines is 1. The van der Waals surface area contributed by atoms with Gasteiger partial charge in [0.25, 0.3) is 11.5 Å². The average Bonchev–Trinajstić information content (AvgIpc) is 2.90. The highest BCUT2D eigenvalue weighted by Gasteiger charge is 2.15. The second-order valence-corrected chi connectivity index (χ2v) is 5.81. The molecule has 0 aliphatic heterocycles. The highest BCUT2D eigenvalue weighted by molar-refractivity contribution is 7.15. The van der Waals surface area contributed by atoms with Crippen LogP contribution in [-0.4, -0.2) is 15.3 Å². The molecule has 2 heterocycles. The van der Waals surface area contributed by atoms with Gasteiger partial charge in [0, 0.05) is 23.0 Å². The summed E-state index contributed by atoms with van der Waals surface area (Å²) in [5.74, 6) is -0.443. The average molecular weight is 313 g/mol. The number of rotatable bonds is 3. The van der Waals surface area contributed by atoms with Gasteiger partial charge < -0.3 is 5.32 Å². The summed E-state index contributed by atoms with van der Waals surface area (Å²) in [7, 11) is 0. The first-order valence-electron chi connectivity index (χ1n) is 6.96. The lowest BCUT2D eigenvalue weighted by molar-refractivity contribution is 0.102. The molecule has 2 aromatic heterocycles. The predicted octanol–water partition coefficient (Wildman–Crippen LogP) is 2.88. The molecule has 0 unspecified atom stereocenters. The number of fused-ring (bicyclic) bond motifs is 1. The fourth-order valence-corrected chi connectivity index (χ4v) is 3.03. The van der Waals surface area contributed by atoms with Gasteiger partial charge in [-0.2, -0.15) is 0 Å². The second-order valence-electron chi connectivity index (χ2n) is 4.98. The Hall–Kier alpha value is -2.47. The monoisotopic (exact) mass is 313 g/mol. The summed E-state index contributed by atoms with van der Waals surface area (Å²) in [4.78, 5) is 29.5. The molecule has 3 rings (SSSR count). The van der Waals surface area contributed by atoms with Crippen molar-refractivity contribution in [3.05, 3.63) is 63.0 Å². The Morgan fingerprint density at radius 1 is 1.32 bits per heavy atom. The fourth-order valence-electron chi connectivity index (χ4n) is 2.20. The van der Waals surface area contributed by atoms with Crippen molar-refractivity contribution in [1.82, 2.24) is 9.38 Å². The van der Waals surface area contributed by atoms with E-state index in [1.54, 1.807) is 0 Å². The van der Waals surface area contributed by atoms with Gasteiger partial charge in [-0.25, -0.2) is 4.98 Å². The van der Waals surface area contributed by atoms with Gasteiger partial charge in [0.2, 0.25) is 0 Å². The van der Waals surface area contributed by atoms with E-state index in [0.717, 1.165) is 12.1 Å². The van der Waals surface area contributed by atoms with Crippen LogP contribution in [0.25, 0.3) is 4.96 Å². The van der Waals surface area contributed by atoms with E-state index in [-0.39, 0.29) is 11.1 Å². The molecule has 0 atom stereocenters. The van der Waals surface area contributed by atoms with Crippen molar-refractivity contribution in [2.75, 3.05) is 5.32 Å². The molecule has 0 bridgehead atoms. The van der Waals surface area contributed by atoms with Crippen molar-refractivity contribution in [1.29, 1.82) is 0 Å². The van der Waals surface area contributed by atoms with Crippen molar-refractivity contribution < 1.29 is 4.79 Å². The summed E-state index contributed by atoms with van der Waals surface area (Å²) >= 11 is 1.38. The zero-order valence-corrected chi connectivity index (χ0v) is 13.1. The third-order valence-corrected chi connectivity index (χ3v) is 4.44. The summed E-state index contributed by atoms with van der Waals surface area (Å²) in [6.45, 7) is 3.89. The van der Waals surface area contributed by atoms with Gasteiger partial charge in [-0.05, 0) is 31.0 Å². The van der Waals surface area contributed by atoms with Crippen LogP contribution in [0.4, 0.5) is 5.69 Å². The zero-order valence-electron chi connectivity index (χ0n) is 12.3. The molecule has 0 saturated heterocycles. The number of carbonyl (C=O) groups is 1. The Kier molecular flexibility index (Phi) is 3.77. The third kappa shape index (κ3) is 2.53. The number of hydrogen-bond acceptors (Lipinski definition) is 4. The van der Waals surface area contributed by atoms with Crippen molar-refractivity contribution in [2.24, 2.45) is 0 Å². The van der Waals surface area contributed by atoms with Crippen LogP contribution in [-0.2, 0) is 6.42 Å². The van der Waals surface area contributed by atoms with E-state index in [2.05, 4.69) is 17.2 Å². The first kappa shape index (κ1) is 14.5. The number of nitrogens with zero attached hydrogens (tertiary/aromatic N) is 2. The maximum Gasteiger partial charge on any atom is 0.271 e. The number of hydrogen-bond donors (Lipinski definition) is 1. The van der Waals surface area contributed by atoms with Gasteiger partial charge in [0.1, 0.15) is 5.56 Å². The summed E-state index contributed by atoms with van der Waals surface area (Å²) in [5, 5.41) is 4.58. The van der Waals surface area contributed by atoms with E-state index in [0.29, 0.717) is 10.6 Å². The molecule has 0 spiro atoms. The number of nitrogens with one attached hydrogen (secondary N) is 1. The zero-order chi connectivity index (χ0) is 15.7. The largest absolute Gasteiger partial charge is 0.322 e. The molecule has 22 heavy (non-hydrogen) atoms. The van der Waals surface area contributed by atoms with Gasteiger partial charge in [-0.3, -0.25) is 14.0 Å². The van der Waals surface area contributed by atoms with Crippen LogP contribution < -0.4 is 10.9 Å². The van der Waals surface area contributed by atoms with E-state index < -0.39 is 5.91 Å². The lowest BCUT2D eigenvalue weighted by atomic mass is 10.1. The minimum atomic E-state index is -0.443. The van der Waals surface area contributed by atoms with E-state index in [1.165, 1.54) is 27.5 Å². The van der Waals surface area contributed by atoms with Crippen LogP contribution in [0.3, 0.4) is 0 Å². The molecule has 1 N–H and O–H groups in total. The molecule has 112 valence electrons. The molecule has 0 aliphatic rings. The molecule has 0 fully saturated rings. The number of aromatic nitrogens is 2. The Morgan fingerprint density at radius 2 is 2.05 bits per heavy atom. The molecule has 0 radical (unpaired) electrons. The van der Waals surface area contributed by atoms with Crippen LogP contribution in [0.5, 0.6) is 0 Å².